The van der Waals surface area contributed by atoms with Crippen molar-refractivity contribution in [3.63, 3.8) is 0 Å². The van der Waals surface area contributed by atoms with Crippen molar-refractivity contribution in [3.8, 4) is 11.5 Å². The highest BCUT2D eigenvalue weighted by Crippen LogP contribution is 2.47. The Bertz CT molecular complexity index is 1390. The molecule has 5 rings (SSSR count). The summed E-state index contributed by atoms with van der Waals surface area (Å²) in [6.07, 6.45) is -2.66. The molecule has 0 saturated carbocycles. The molecule has 0 unspecified atom stereocenters. The number of methoxy groups -OCH3 is 2. The fourth-order valence-corrected chi connectivity index (χ4v) is 6.97. The summed E-state index contributed by atoms with van der Waals surface area (Å²) in [5.74, 6) is 2.12. The van der Waals surface area contributed by atoms with Crippen LogP contribution in [-0.4, -0.2) is 66.6 Å². The number of ether oxygens (including phenoxy) is 5. The average Bonchev–Trinajstić information content (AvgIpc) is 3.35. The van der Waals surface area contributed by atoms with Crippen LogP contribution >= 0.6 is 11.8 Å². The van der Waals surface area contributed by atoms with E-state index in [1.165, 1.54) is 11.8 Å². The van der Waals surface area contributed by atoms with E-state index in [1.54, 1.807) is 14.2 Å². The maximum absolute atomic E-state index is 11.4. The Balaban J connectivity index is 1.61. The van der Waals surface area contributed by atoms with Crippen molar-refractivity contribution >= 4 is 11.8 Å². The minimum atomic E-state index is -1.12. The van der Waals surface area contributed by atoms with Crippen LogP contribution < -0.4 is 9.47 Å². The molecule has 1 aliphatic rings. The maximum atomic E-state index is 11.4. The highest BCUT2D eigenvalue weighted by Gasteiger charge is 2.57. The quantitative estimate of drug-likeness (QED) is 0.172. The molecule has 8 heteroatoms. The van der Waals surface area contributed by atoms with Crippen LogP contribution in [0.4, 0.5) is 0 Å². The van der Waals surface area contributed by atoms with Gasteiger partial charge >= 0.3 is 0 Å². The lowest BCUT2D eigenvalue weighted by Gasteiger charge is -2.41. The fraction of sp³-hybridized carbons (Fsp3) is 0.333. The van der Waals surface area contributed by atoms with Gasteiger partial charge in [0.05, 0.1) is 34.0 Å². The lowest BCUT2D eigenvalue weighted by Crippen LogP contribution is -2.48. The number of hydrogen-bond acceptors (Lipinski definition) is 8. The molecule has 4 atom stereocenters. The van der Waals surface area contributed by atoms with Crippen LogP contribution in [0.5, 0.6) is 11.5 Å². The van der Waals surface area contributed by atoms with Gasteiger partial charge in [-0.2, -0.15) is 0 Å². The summed E-state index contributed by atoms with van der Waals surface area (Å²) in [5, 5.41) is 21.6. The van der Waals surface area contributed by atoms with Crippen LogP contribution in [0, 0.1) is 0 Å². The minimum Gasteiger partial charge on any atom is -0.497 e. The molecule has 2 N–H and O–H groups in total. The standard InChI is InChI=1S/C36H40O7S/c1-4-44-35(34(33(38)32(23-37)43-35)41-24-26-11-7-5-8-12-26)25-42-36(27-13-9-6-10-14-27,28-15-19-30(39-2)20-16-28)29-17-21-31(40-3)22-18-29/h5-22,32-34,37-38H,4,23-25H2,1-3H3/t32-,33-,34+,35+/m1/s1. The normalized spacial score (nSPS) is 21.7. The summed E-state index contributed by atoms with van der Waals surface area (Å²) in [5.41, 5.74) is 2.55. The smallest absolute Gasteiger partial charge is 0.166 e. The van der Waals surface area contributed by atoms with Gasteiger partial charge in [0.15, 0.2) is 4.93 Å². The van der Waals surface area contributed by atoms with Gasteiger partial charge in [0.1, 0.15) is 35.4 Å². The molecule has 1 saturated heterocycles. The zero-order valence-electron chi connectivity index (χ0n) is 25.3. The molecule has 1 fully saturated rings. The van der Waals surface area contributed by atoms with E-state index in [9.17, 15) is 10.2 Å². The zero-order chi connectivity index (χ0) is 31.0. The van der Waals surface area contributed by atoms with E-state index in [2.05, 4.69) is 0 Å². The van der Waals surface area contributed by atoms with Crippen molar-refractivity contribution < 1.29 is 33.9 Å². The molecule has 1 aliphatic heterocycles. The van der Waals surface area contributed by atoms with E-state index in [0.717, 1.165) is 33.8 Å². The number of rotatable bonds is 14. The van der Waals surface area contributed by atoms with E-state index in [0.29, 0.717) is 5.75 Å². The first-order valence-electron chi connectivity index (χ1n) is 14.7. The third-order valence-electron chi connectivity index (χ3n) is 7.98. The van der Waals surface area contributed by atoms with Crippen molar-refractivity contribution in [1.29, 1.82) is 0 Å². The second-order valence-corrected chi connectivity index (χ2v) is 12.1. The van der Waals surface area contributed by atoms with Crippen molar-refractivity contribution in [2.24, 2.45) is 0 Å². The predicted molar refractivity (Wildman–Crippen MR) is 172 cm³/mol. The molecular formula is C36H40O7S. The van der Waals surface area contributed by atoms with Crippen molar-refractivity contribution in [3.05, 3.63) is 131 Å². The number of aliphatic hydroxyl groups is 2. The van der Waals surface area contributed by atoms with Crippen molar-refractivity contribution in [2.75, 3.05) is 33.2 Å². The van der Waals surface area contributed by atoms with E-state index in [1.807, 2.05) is 116 Å². The van der Waals surface area contributed by atoms with Gasteiger partial charge in [0.25, 0.3) is 0 Å². The summed E-state index contributed by atoms with van der Waals surface area (Å²) >= 11 is 1.51. The summed E-state index contributed by atoms with van der Waals surface area (Å²) < 4.78 is 31.1. The monoisotopic (exact) mass is 616 g/mol. The largest absolute Gasteiger partial charge is 0.497 e. The van der Waals surface area contributed by atoms with Crippen LogP contribution in [0.1, 0.15) is 29.2 Å². The lowest BCUT2D eigenvalue weighted by molar-refractivity contribution is -0.120. The van der Waals surface area contributed by atoms with Crippen LogP contribution in [0.2, 0.25) is 0 Å². The van der Waals surface area contributed by atoms with Crippen molar-refractivity contribution in [1.82, 2.24) is 0 Å². The van der Waals surface area contributed by atoms with E-state index < -0.39 is 28.8 Å². The molecule has 0 bridgehead atoms. The average molecular weight is 617 g/mol. The lowest BCUT2D eigenvalue weighted by atomic mass is 9.80. The third kappa shape index (κ3) is 6.52. The van der Waals surface area contributed by atoms with E-state index in [-0.39, 0.29) is 19.8 Å². The molecule has 1 heterocycles. The number of thioether (sulfide) groups is 1. The highest BCUT2D eigenvalue weighted by molar-refractivity contribution is 8.00. The predicted octanol–water partition coefficient (Wildman–Crippen LogP) is 5.80. The second-order valence-electron chi connectivity index (χ2n) is 10.6. The van der Waals surface area contributed by atoms with Gasteiger partial charge in [-0.25, -0.2) is 0 Å². The topological polar surface area (TPSA) is 86.6 Å². The van der Waals surface area contributed by atoms with Gasteiger partial charge in [-0.15, -0.1) is 11.8 Å². The second kappa shape index (κ2) is 14.6. The SMILES string of the molecule is CCS[C@]1(COC(c2ccccc2)(c2ccc(OC)cc2)c2ccc(OC)cc2)O[C@H](CO)[C@@H](O)[C@@H]1OCc1ccccc1. The Hall–Kier alpha value is -3.37. The molecule has 4 aromatic rings. The number of hydrogen-bond donors (Lipinski definition) is 2. The zero-order valence-corrected chi connectivity index (χ0v) is 26.1. The van der Waals surface area contributed by atoms with Gasteiger partial charge in [-0.3, -0.25) is 0 Å². The molecule has 0 amide bonds. The molecule has 0 radical (unpaired) electrons. The first-order valence-corrected chi connectivity index (χ1v) is 15.7. The molecule has 232 valence electrons. The summed E-state index contributed by atoms with van der Waals surface area (Å²) in [6.45, 7) is 2.00. The van der Waals surface area contributed by atoms with Gasteiger partial charge in [0.2, 0.25) is 0 Å². The van der Waals surface area contributed by atoms with Gasteiger partial charge in [-0.1, -0.05) is 91.9 Å². The maximum Gasteiger partial charge on any atom is 0.166 e. The van der Waals surface area contributed by atoms with Crippen LogP contribution in [0.25, 0.3) is 0 Å². The van der Waals surface area contributed by atoms with E-state index >= 15 is 0 Å². The number of aliphatic hydroxyl groups excluding tert-OH is 2. The molecule has 44 heavy (non-hydrogen) atoms. The molecule has 7 nitrogen and oxygen atoms in total. The summed E-state index contributed by atoms with van der Waals surface area (Å²) in [4.78, 5) is -1.12. The molecule has 4 aromatic carbocycles. The molecule has 0 spiro atoms. The van der Waals surface area contributed by atoms with Crippen LogP contribution in [0.15, 0.2) is 109 Å². The van der Waals surface area contributed by atoms with Crippen molar-refractivity contribution in [2.45, 2.75) is 42.4 Å². The minimum absolute atomic E-state index is 0.0471. The molecule has 0 aliphatic carbocycles. The Kier molecular flexibility index (Phi) is 10.6. The highest BCUT2D eigenvalue weighted by atomic mass is 32.2. The Morgan fingerprint density at radius 2 is 1.30 bits per heavy atom. The Morgan fingerprint density at radius 1 is 0.773 bits per heavy atom. The number of benzene rings is 4. The fourth-order valence-electron chi connectivity index (χ4n) is 5.78. The summed E-state index contributed by atoms with van der Waals surface area (Å²) in [6, 6.07) is 35.5. The van der Waals surface area contributed by atoms with Gasteiger partial charge < -0.3 is 33.9 Å². The Morgan fingerprint density at radius 3 is 1.80 bits per heavy atom. The van der Waals surface area contributed by atoms with Gasteiger partial charge in [-0.05, 0) is 52.3 Å². The van der Waals surface area contributed by atoms with Gasteiger partial charge in [0, 0.05) is 0 Å². The van der Waals surface area contributed by atoms with Crippen LogP contribution in [-0.2, 0) is 26.4 Å². The molecular weight excluding hydrogens is 576 g/mol. The first kappa shape index (κ1) is 32.0. The van der Waals surface area contributed by atoms with E-state index in [4.69, 9.17) is 23.7 Å². The molecule has 0 aromatic heterocycles. The summed E-state index contributed by atoms with van der Waals surface area (Å²) in [7, 11) is 3.28. The van der Waals surface area contributed by atoms with Crippen LogP contribution in [0.3, 0.4) is 0 Å². The first-order chi connectivity index (χ1) is 21.5. The Labute approximate surface area is 263 Å². The third-order valence-corrected chi connectivity index (χ3v) is 9.20.